The largest absolute Gasteiger partial charge is 0.349 e. The Hall–Kier alpha value is -1.06. The Labute approximate surface area is 140 Å². The van der Waals surface area contributed by atoms with Gasteiger partial charge >= 0.3 is 0 Å². The van der Waals surface area contributed by atoms with E-state index in [1.54, 1.807) is 0 Å². The van der Waals surface area contributed by atoms with Crippen LogP contribution in [0.4, 0.5) is 0 Å². The molecule has 0 bridgehead atoms. The van der Waals surface area contributed by atoms with E-state index in [4.69, 9.17) is 0 Å². The SMILES string of the molecule is Cc1ccccc1C(NC(=O)CCC1CCNC1)C(C)C.Cl. The van der Waals surface area contributed by atoms with Crippen molar-refractivity contribution in [3.05, 3.63) is 35.4 Å². The number of carbonyl (C=O) groups is 1. The van der Waals surface area contributed by atoms with Crippen molar-refractivity contribution in [3.8, 4) is 0 Å². The highest BCUT2D eigenvalue weighted by atomic mass is 35.5. The summed E-state index contributed by atoms with van der Waals surface area (Å²) < 4.78 is 0. The van der Waals surface area contributed by atoms with Gasteiger partial charge in [-0.1, -0.05) is 38.1 Å². The molecule has 4 heteroatoms. The first-order chi connectivity index (χ1) is 10.1. The molecule has 124 valence electrons. The number of amides is 1. The summed E-state index contributed by atoms with van der Waals surface area (Å²) >= 11 is 0. The summed E-state index contributed by atoms with van der Waals surface area (Å²) in [5.41, 5.74) is 2.49. The molecule has 1 aromatic rings. The lowest BCUT2D eigenvalue weighted by Gasteiger charge is -2.25. The van der Waals surface area contributed by atoms with Gasteiger partial charge in [0.15, 0.2) is 0 Å². The molecule has 1 aromatic carbocycles. The summed E-state index contributed by atoms with van der Waals surface area (Å²) in [6.07, 6.45) is 2.84. The fourth-order valence-corrected chi connectivity index (χ4v) is 3.08. The van der Waals surface area contributed by atoms with Gasteiger partial charge in [0.1, 0.15) is 0 Å². The zero-order valence-electron chi connectivity index (χ0n) is 13.9. The van der Waals surface area contributed by atoms with Crippen LogP contribution in [0.3, 0.4) is 0 Å². The van der Waals surface area contributed by atoms with Crippen LogP contribution in [-0.2, 0) is 4.79 Å². The molecule has 1 aliphatic heterocycles. The predicted octanol–water partition coefficient (Wildman–Crippen LogP) is 3.62. The van der Waals surface area contributed by atoms with Crippen LogP contribution >= 0.6 is 12.4 Å². The minimum Gasteiger partial charge on any atom is -0.349 e. The van der Waals surface area contributed by atoms with E-state index in [0.29, 0.717) is 18.3 Å². The van der Waals surface area contributed by atoms with Crippen LogP contribution in [0.1, 0.15) is 50.3 Å². The van der Waals surface area contributed by atoms with Crippen molar-refractivity contribution in [1.29, 1.82) is 0 Å². The molecule has 1 heterocycles. The molecule has 0 spiro atoms. The van der Waals surface area contributed by atoms with Gasteiger partial charge in [-0.15, -0.1) is 12.4 Å². The van der Waals surface area contributed by atoms with E-state index in [1.807, 2.05) is 12.1 Å². The third kappa shape index (κ3) is 5.29. The highest BCUT2D eigenvalue weighted by molar-refractivity contribution is 5.85. The molecule has 22 heavy (non-hydrogen) atoms. The normalized spacial score (nSPS) is 18.8. The lowest BCUT2D eigenvalue weighted by Crippen LogP contribution is -2.32. The molecule has 1 aliphatic rings. The third-order valence-corrected chi connectivity index (χ3v) is 4.45. The molecule has 1 amide bonds. The van der Waals surface area contributed by atoms with Gasteiger partial charge in [0.2, 0.25) is 5.91 Å². The maximum absolute atomic E-state index is 12.3. The summed E-state index contributed by atoms with van der Waals surface area (Å²) in [6.45, 7) is 8.61. The Balaban J connectivity index is 0.00000242. The average molecular weight is 325 g/mol. The second-order valence-corrected chi connectivity index (χ2v) is 6.54. The van der Waals surface area contributed by atoms with Gasteiger partial charge < -0.3 is 10.6 Å². The zero-order chi connectivity index (χ0) is 15.2. The van der Waals surface area contributed by atoms with Crippen molar-refractivity contribution in [2.45, 2.75) is 46.1 Å². The standard InChI is InChI=1S/C18H28N2O.ClH/c1-13(2)18(16-7-5-4-6-14(16)3)20-17(21)9-8-15-10-11-19-12-15;/h4-7,13,15,18-19H,8-12H2,1-3H3,(H,20,21);1H. The number of rotatable bonds is 6. The lowest BCUT2D eigenvalue weighted by atomic mass is 9.92. The van der Waals surface area contributed by atoms with Crippen molar-refractivity contribution < 1.29 is 4.79 Å². The minimum absolute atomic E-state index is 0. The average Bonchev–Trinajstić information content (AvgIpc) is 2.96. The van der Waals surface area contributed by atoms with Crippen LogP contribution in [0.25, 0.3) is 0 Å². The number of carbonyl (C=O) groups excluding carboxylic acids is 1. The number of benzene rings is 1. The van der Waals surface area contributed by atoms with E-state index in [1.165, 1.54) is 17.5 Å². The highest BCUT2D eigenvalue weighted by Gasteiger charge is 2.21. The Morgan fingerprint density at radius 3 is 2.68 bits per heavy atom. The van der Waals surface area contributed by atoms with Gasteiger partial charge in [0.05, 0.1) is 6.04 Å². The molecular weight excluding hydrogens is 296 g/mol. The van der Waals surface area contributed by atoms with Crippen molar-refractivity contribution in [2.75, 3.05) is 13.1 Å². The van der Waals surface area contributed by atoms with Crippen LogP contribution in [-0.4, -0.2) is 19.0 Å². The van der Waals surface area contributed by atoms with Gasteiger partial charge in [0.25, 0.3) is 0 Å². The maximum Gasteiger partial charge on any atom is 0.220 e. The number of aryl methyl sites for hydroxylation is 1. The van der Waals surface area contributed by atoms with Crippen molar-refractivity contribution in [1.82, 2.24) is 10.6 Å². The predicted molar refractivity (Wildman–Crippen MR) is 94.4 cm³/mol. The minimum atomic E-state index is 0. The fourth-order valence-electron chi connectivity index (χ4n) is 3.08. The van der Waals surface area contributed by atoms with E-state index in [2.05, 4.69) is 43.5 Å². The Morgan fingerprint density at radius 1 is 1.36 bits per heavy atom. The third-order valence-electron chi connectivity index (χ3n) is 4.45. The van der Waals surface area contributed by atoms with E-state index in [9.17, 15) is 4.79 Å². The van der Waals surface area contributed by atoms with Crippen LogP contribution in [0, 0.1) is 18.8 Å². The molecule has 1 saturated heterocycles. The number of halogens is 1. The van der Waals surface area contributed by atoms with Crippen molar-refractivity contribution >= 4 is 18.3 Å². The Bertz CT molecular complexity index is 470. The van der Waals surface area contributed by atoms with E-state index >= 15 is 0 Å². The maximum atomic E-state index is 12.3. The van der Waals surface area contributed by atoms with Gasteiger partial charge in [0, 0.05) is 6.42 Å². The molecule has 1 fully saturated rings. The van der Waals surface area contributed by atoms with Crippen LogP contribution in [0.15, 0.2) is 24.3 Å². The number of nitrogens with one attached hydrogen (secondary N) is 2. The molecule has 3 nitrogen and oxygen atoms in total. The second-order valence-electron chi connectivity index (χ2n) is 6.54. The zero-order valence-corrected chi connectivity index (χ0v) is 14.7. The molecular formula is C18H29ClN2O. The quantitative estimate of drug-likeness (QED) is 0.839. The molecule has 2 unspecified atom stereocenters. The molecule has 0 aliphatic carbocycles. The van der Waals surface area contributed by atoms with Crippen molar-refractivity contribution in [2.24, 2.45) is 11.8 Å². The van der Waals surface area contributed by atoms with Gasteiger partial charge in [-0.2, -0.15) is 0 Å². The van der Waals surface area contributed by atoms with Crippen LogP contribution in [0.5, 0.6) is 0 Å². The first-order valence-corrected chi connectivity index (χ1v) is 8.13. The first kappa shape index (κ1) is 19.0. The topological polar surface area (TPSA) is 41.1 Å². The Kier molecular flexibility index (Phi) is 7.91. The monoisotopic (exact) mass is 324 g/mol. The van der Waals surface area contributed by atoms with E-state index in [-0.39, 0.29) is 24.4 Å². The van der Waals surface area contributed by atoms with Crippen LogP contribution < -0.4 is 10.6 Å². The molecule has 0 aromatic heterocycles. The summed E-state index contributed by atoms with van der Waals surface area (Å²) in [5.74, 6) is 1.25. The van der Waals surface area contributed by atoms with Crippen molar-refractivity contribution in [3.63, 3.8) is 0 Å². The van der Waals surface area contributed by atoms with Gasteiger partial charge in [-0.3, -0.25) is 4.79 Å². The molecule has 0 radical (unpaired) electrons. The summed E-state index contributed by atoms with van der Waals surface area (Å²) in [7, 11) is 0. The van der Waals surface area contributed by atoms with E-state index < -0.39 is 0 Å². The number of hydrogen-bond donors (Lipinski definition) is 2. The summed E-state index contributed by atoms with van der Waals surface area (Å²) in [6, 6.07) is 8.45. The smallest absolute Gasteiger partial charge is 0.220 e. The van der Waals surface area contributed by atoms with Gasteiger partial charge in [-0.25, -0.2) is 0 Å². The molecule has 2 rings (SSSR count). The molecule has 0 saturated carbocycles. The fraction of sp³-hybridized carbons (Fsp3) is 0.611. The van der Waals surface area contributed by atoms with Crippen LogP contribution in [0.2, 0.25) is 0 Å². The number of hydrogen-bond acceptors (Lipinski definition) is 2. The lowest BCUT2D eigenvalue weighted by molar-refractivity contribution is -0.122. The van der Waals surface area contributed by atoms with Gasteiger partial charge in [-0.05, 0) is 55.8 Å². The highest BCUT2D eigenvalue weighted by Crippen LogP contribution is 2.25. The Morgan fingerprint density at radius 2 is 2.09 bits per heavy atom. The second kappa shape index (κ2) is 9.16. The first-order valence-electron chi connectivity index (χ1n) is 8.13. The summed E-state index contributed by atoms with van der Waals surface area (Å²) in [4.78, 5) is 12.3. The molecule has 2 atom stereocenters. The van der Waals surface area contributed by atoms with E-state index in [0.717, 1.165) is 19.5 Å². The molecule has 2 N–H and O–H groups in total. The summed E-state index contributed by atoms with van der Waals surface area (Å²) in [5, 5.41) is 6.59.